The SMILES string of the molecule is Cc1ccc(Nc2nn(-c3ccc(F)cc3)c3c2C(=O)CC(C)(C)C3)cc1. The van der Waals surface area contributed by atoms with E-state index in [0.29, 0.717) is 17.8 Å². The number of anilines is 2. The van der Waals surface area contributed by atoms with E-state index in [1.165, 1.54) is 12.1 Å². The maximum atomic E-state index is 13.4. The summed E-state index contributed by atoms with van der Waals surface area (Å²) >= 11 is 0. The third-order valence-electron chi connectivity index (χ3n) is 4.93. The molecule has 4 rings (SSSR count). The quantitative estimate of drug-likeness (QED) is 0.694. The largest absolute Gasteiger partial charge is 0.338 e. The summed E-state index contributed by atoms with van der Waals surface area (Å²) in [4.78, 5) is 12.9. The summed E-state index contributed by atoms with van der Waals surface area (Å²) in [5, 5.41) is 7.98. The fraction of sp³-hybridized carbons (Fsp3) is 0.273. The smallest absolute Gasteiger partial charge is 0.169 e. The van der Waals surface area contributed by atoms with E-state index >= 15 is 0 Å². The van der Waals surface area contributed by atoms with Gasteiger partial charge in [0.05, 0.1) is 16.9 Å². The molecule has 4 nitrogen and oxygen atoms in total. The van der Waals surface area contributed by atoms with E-state index in [-0.39, 0.29) is 17.0 Å². The van der Waals surface area contributed by atoms with Gasteiger partial charge in [-0.25, -0.2) is 9.07 Å². The number of hydrogen-bond acceptors (Lipinski definition) is 3. The molecule has 1 aromatic heterocycles. The average Bonchev–Trinajstić information content (AvgIpc) is 2.95. The van der Waals surface area contributed by atoms with E-state index in [1.54, 1.807) is 16.8 Å². The molecule has 0 spiro atoms. The lowest BCUT2D eigenvalue weighted by Crippen LogP contribution is -2.28. The Morgan fingerprint density at radius 2 is 1.70 bits per heavy atom. The first-order chi connectivity index (χ1) is 12.8. The zero-order chi connectivity index (χ0) is 19.2. The third kappa shape index (κ3) is 3.37. The van der Waals surface area contributed by atoms with Crippen LogP contribution in [0.1, 0.15) is 41.9 Å². The zero-order valence-corrected chi connectivity index (χ0v) is 15.7. The Hall–Kier alpha value is -2.95. The summed E-state index contributed by atoms with van der Waals surface area (Å²) in [6, 6.07) is 14.1. The van der Waals surface area contributed by atoms with Gasteiger partial charge >= 0.3 is 0 Å². The van der Waals surface area contributed by atoms with E-state index < -0.39 is 0 Å². The van der Waals surface area contributed by atoms with E-state index in [2.05, 4.69) is 24.3 Å². The van der Waals surface area contributed by atoms with Crippen LogP contribution in [0.4, 0.5) is 15.9 Å². The predicted octanol–water partition coefficient (Wildman–Crippen LogP) is 5.22. The molecule has 1 heterocycles. The molecule has 0 fully saturated rings. The first-order valence-corrected chi connectivity index (χ1v) is 9.07. The molecule has 3 aromatic rings. The normalized spacial score (nSPS) is 15.5. The molecule has 0 atom stereocenters. The lowest BCUT2D eigenvalue weighted by atomic mass is 9.76. The Morgan fingerprint density at radius 1 is 1.04 bits per heavy atom. The maximum Gasteiger partial charge on any atom is 0.169 e. The van der Waals surface area contributed by atoms with Crippen LogP contribution < -0.4 is 5.32 Å². The number of nitrogens with one attached hydrogen (secondary N) is 1. The van der Waals surface area contributed by atoms with Crippen LogP contribution in [0.25, 0.3) is 5.69 Å². The van der Waals surface area contributed by atoms with Gasteiger partial charge in [-0.15, -0.1) is 5.10 Å². The minimum atomic E-state index is -0.297. The van der Waals surface area contributed by atoms with Gasteiger partial charge in [0.25, 0.3) is 0 Å². The number of carbonyl (C=O) groups excluding carboxylic acids is 1. The first kappa shape index (κ1) is 17.5. The van der Waals surface area contributed by atoms with Crippen molar-refractivity contribution in [2.45, 2.75) is 33.6 Å². The summed E-state index contributed by atoms with van der Waals surface area (Å²) in [5.74, 6) is 0.345. The van der Waals surface area contributed by atoms with Gasteiger partial charge in [0.15, 0.2) is 11.6 Å². The number of halogens is 1. The van der Waals surface area contributed by atoms with Gasteiger partial charge in [0, 0.05) is 12.1 Å². The van der Waals surface area contributed by atoms with Crippen molar-refractivity contribution in [1.29, 1.82) is 0 Å². The monoisotopic (exact) mass is 363 g/mol. The number of fused-ring (bicyclic) bond motifs is 1. The molecule has 0 amide bonds. The van der Waals surface area contributed by atoms with Crippen molar-refractivity contribution in [3.63, 3.8) is 0 Å². The van der Waals surface area contributed by atoms with Crippen LogP contribution in [-0.2, 0) is 6.42 Å². The number of aryl methyl sites for hydroxylation is 1. The minimum Gasteiger partial charge on any atom is -0.338 e. The average molecular weight is 363 g/mol. The standard InChI is InChI=1S/C22H22FN3O/c1-14-4-8-16(9-5-14)24-21-20-18(12-22(2,3)13-19(20)27)26(25-21)17-10-6-15(23)7-11-17/h4-11H,12-13H2,1-3H3,(H,24,25). The Labute approximate surface area is 158 Å². The summed E-state index contributed by atoms with van der Waals surface area (Å²) in [6.07, 6.45) is 1.21. The number of ketones is 1. The molecular weight excluding hydrogens is 341 g/mol. The molecule has 2 aromatic carbocycles. The lowest BCUT2D eigenvalue weighted by molar-refractivity contribution is 0.0912. The minimum absolute atomic E-state index is 0.0872. The maximum absolute atomic E-state index is 13.4. The molecule has 0 saturated heterocycles. The lowest BCUT2D eigenvalue weighted by Gasteiger charge is -2.29. The Balaban J connectivity index is 1.83. The van der Waals surface area contributed by atoms with Crippen LogP contribution >= 0.6 is 0 Å². The highest BCUT2D eigenvalue weighted by Crippen LogP contribution is 2.39. The van der Waals surface area contributed by atoms with Crippen LogP contribution in [0.2, 0.25) is 0 Å². The van der Waals surface area contributed by atoms with Gasteiger partial charge in [-0.3, -0.25) is 4.79 Å². The van der Waals surface area contributed by atoms with E-state index in [9.17, 15) is 9.18 Å². The second-order valence-electron chi connectivity index (χ2n) is 7.99. The molecule has 1 aliphatic rings. The molecule has 0 bridgehead atoms. The van der Waals surface area contributed by atoms with Gasteiger partial charge in [0.1, 0.15) is 5.82 Å². The van der Waals surface area contributed by atoms with Crippen molar-refractivity contribution in [2.24, 2.45) is 5.41 Å². The predicted molar refractivity (Wildman–Crippen MR) is 104 cm³/mol. The topological polar surface area (TPSA) is 46.9 Å². The zero-order valence-electron chi connectivity index (χ0n) is 15.7. The number of nitrogens with zero attached hydrogens (tertiary/aromatic N) is 2. The number of benzene rings is 2. The van der Waals surface area contributed by atoms with Gasteiger partial charge in [0.2, 0.25) is 0 Å². The number of hydrogen-bond donors (Lipinski definition) is 1. The Bertz CT molecular complexity index is 1000. The van der Waals surface area contributed by atoms with E-state index in [0.717, 1.165) is 29.1 Å². The number of Topliss-reactive ketones (excluding diaryl/α,β-unsaturated/α-hetero) is 1. The van der Waals surface area contributed by atoms with E-state index in [1.807, 2.05) is 31.2 Å². The molecule has 27 heavy (non-hydrogen) atoms. The summed E-state index contributed by atoms with van der Waals surface area (Å²) in [7, 11) is 0. The van der Waals surface area contributed by atoms with Gasteiger partial charge in [-0.05, 0) is 55.2 Å². The van der Waals surface area contributed by atoms with Crippen molar-refractivity contribution in [3.05, 3.63) is 71.2 Å². The van der Waals surface area contributed by atoms with Crippen LogP contribution in [0.15, 0.2) is 48.5 Å². The molecule has 0 radical (unpaired) electrons. The summed E-state index contributed by atoms with van der Waals surface area (Å²) < 4.78 is 15.1. The highest BCUT2D eigenvalue weighted by atomic mass is 19.1. The molecule has 1 N–H and O–H groups in total. The van der Waals surface area contributed by atoms with Gasteiger partial charge in [-0.2, -0.15) is 0 Å². The van der Waals surface area contributed by atoms with Crippen LogP contribution in [-0.4, -0.2) is 15.6 Å². The second-order valence-corrected chi connectivity index (χ2v) is 7.99. The number of rotatable bonds is 3. The van der Waals surface area contributed by atoms with Gasteiger partial charge < -0.3 is 5.32 Å². The van der Waals surface area contributed by atoms with Crippen molar-refractivity contribution in [2.75, 3.05) is 5.32 Å². The van der Waals surface area contributed by atoms with E-state index in [4.69, 9.17) is 0 Å². The van der Waals surface area contributed by atoms with Crippen molar-refractivity contribution < 1.29 is 9.18 Å². The van der Waals surface area contributed by atoms with Crippen LogP contribution in [0.3, 0.4) is 0 Å². The summed E-state index contributed by atoms with van der Waals surface area (Å²) in [5.41, 5.74) is 4.16. The van der Waals surface area contributed by atoms with Crippen molar-refractivity contribution in [1.82, 2.24) is 9.78 Å². The molecule has 1 aliphatic carbocycles. The second kappa shape index (κ2) is 6.34. The van der Waals surface area contributed by atoms with Crippen LogP contribution in [0.5, 0.6) is 0 Å². The first-order valence-electron chi connectivity index (χ1n) is 9.07. The number of aromatic nitrogens is 2. The Kier molecular flexibility index (Phi) is 4.10. The van der Waals surface area contributed by atoms with Crippen LogP contribution in [0, 0.1) is 18.2 Å². The third-order valence-corrected chi connectivity index (χ3v) is 4.93. The fourth-order valence-corrected chi connectivity index (χ4v) is 3.61. The molecule has 138 valence electrons. The molecule has 0 unspecified atom stereocenters. The highest BCUT2D eigenvalue weighted by molar-refractivity contribution is 6.03. The Morgan fingerprint density at radius 3 is 2.37 bits per heavy atom. The van der Waals surface area contributed by atoms with Gasteiger partial charge in [-0.1, -0.05) is 31.5 Å². The fourth-order valence-electron chi connectivity index (χ4n) is 3.61. The molecular formula is C22H22FN3O. The molecule has 0 aliphatic heterocycles. The summed E-state index contributed by atoms with van der Waals surface area (Å²) in [6.45, 7) is 6.20. The highest BCUT2D eigenvalue weighted by Gasteiger charge is 2.36. The number of carbonyl (C=O) groups is 1. The van der Waals surface area contributed by atoms with Crippen molar-refractivity contribution >= 4 is 17.3 Å². The molecule has 5 heteroatoms. The molecule has 0 saturated carbocycles. The van der Waals surface area contributed by atoms with Crippen molar-refractivity contribution in [3.8, 4) is 5.69 Å².